The van der Waals surface area contributed by atoms with E-state index in [9.17, 15) is 4.79 Å². The number of rotatable bonds is 4. The summed E-state index contributed by atoms with van der Waals surface area (Å²) in [4.78, 5) is 14.1. The van der Waals surface area contributed by atoms with Gasteiger partial charge in [-0.2, -0.15) is 0 Å². The van der Waals surface area contributed by atoms with E-state index in [1.165, 1.54) is 24.0 Å². The summed E-state index contributed by atoms with van der Waals surface area (Å²) >= 11 is 5.70. The van der Waals surface area contributed by atoms with Crippen LogP contribution < -0.4 is 15.5 Å². The number of nitrogens with zero attached hydrogens (tertiary/aromatic N) is 1. The fourth-order valence-electron chi connectivity index (χ4n) is 4.60. The quantitative estimate of drug-likeness (QED) is 0.685. The minimum Gasteiger partial charge on any atom is -0.353 e. The molecule has 2 N–H and O–H groups in total. The fraction of sp³-hybridized carbons (Fsp3) is 0.417. The summed E-state index contributed by atoms with van der Waals surface area (Å²) in [5, 5.41) is 7.63. The SMILES string of the molecule is Cc1ccc(C2(NC(=S)Nc3ccc(C)c(N4CCCC4=O)c3)CCCC2)cc1. The zero-order valence-electron chi connectivity index (χ0n) is 17.3. The first-order valence-electron chi connectivity index (χ1n) is 10.5. The Morgan fingerprint density at radius 3 is 2.41 bits per heavy atom. The van der Waals surface area contributed by atoms with E-state index in [0.29, 0.717) is 11.5 Å². The molecule has 4 nitrogen and oxygen atoms in total. The first kappa shape index (κ1) is 19.9. The second-order valence-corrected chi connectivity index (χ2v) is 8.79. The van der Waals surface area contributed by atoms with E-state index in [0.717, 1.165) is 42.7 Å². The van der Waals surface area contributed by atoms with Crippen molar-refractivity contribution in [2.45, 2.75) is 57.9 Å². The van der Waals surface area contributed by atoms with Gasteiger partial charge in [-0.05, 0) is 68.6 Å². The molecule has 0 aromatic heterocycles. The lowest BCUT2D eigenvalue weighted by Gasteiger charge is -2.33. The van der Waals surface area contributed by atoms with Gasteiger partial charge in [0.25, 0.3) is 0 Å². The number of thiocarbonyl (C=S) groups is 1. The van der Waals surface area contributed by atoms with Gasteiger partial charge in [-0.3, -0.25) is 4.79 Å². The number of amides is 1. The zero-order chi connectivity index (χ0) is 20.4. The first-order valence-corrected chi connectivity index (χ1v) is 10.9. The van der Waals surface area contributed by atoms with Crippen molar-refractivity contribution in [1.82, 2.24) is 5.32 Å². The lowest BCUT2D eigenvalue weighted by molar-refractivity contribution is -0.117. The molecule has 0 spiro atoms. The first-order chi connectivity index (χ1) is 14.0. The molecule has 0 radical (unpaired) electrons. The van der Waals surface area contributed by atoms with Crippen LogP contribution in [0.1, 0.15) is 55.2 Å². The highest BCUT2D eigenvalue weighted by Gasteiger charge is 2.36. The Kier molecular flexibility index (Phi) is 5.59. The molecular formula is C24H29N3OS. The van der Waals surface area contributed by atoms with E-state index >= 15 is 0 Å². The summed E-state index contributed by atoms with van der Waals surface area (Å²) < 4.78 is 0. The Hall–Kier alpha value is -2.40. The lowest BCUT2D eigenvalue weighted by atomic mass is 9.88. The van der Waals surface area contributed by atoms with Crippen molar-refractivity contribution in [3.8, 4) is 0 Å². The van der Waals surface area contributed by atoms with Crippen molar-refractivity contribution in [1.29, 1.82) is 0 Å². The molecule has 4 rings (SSSR count). The van der Waals surface area contributed by atoms with Crippen molar-refractivity contribution in [3.63, 3.8) is 0 Å². The Bertz CT molecular complexity index is 916. The predicted molar refractivity (Wildman–Crippen MR) is 123 cm³/mol. The second-order valence-electron chi connectivity index (χ2n) is 8.38. The summed E-state index contributed by atoms with van der Waals surface area (Å²) in [7, 11) is 0. The maximum Gasteiger partial charge on any atom is 0.227 e. The van der Waals surface area contributed by atoms with Crippen LogP contribution in [0.2, 0.25) is 0 Å². The van der Waals surface area contributed by atoms with Gasteiger partial charge in [0.2, 0.25) is 5.91 Å². The number of nitrogens with one attached hydrogen (secondary N) is 2. The van der Waals surface area contributed by atoms with E-state index in [1.54, 1.807) is 0 Å². The second kappa shape index (κ2) is 8.15. The van der Waals surface area contributed by atoms with Crippen LogP contribution in [0.15, 0.2) is 42.5 Å². The maximum absolute atomic E-state index is 12.2. The van der Waals surface area contributed by atoms with Gasteiger partial charge in [0.05, 0.1) is 5.54 Å². The molecule has 29 heavy (non-hydrogen) atoms. The van der Waals surface area contributed by atoms with Crippen molar-refractivity contribution in [3.05, 3.63) is 59.2 Å². The van der Waals surface area contributed by atoms with Crippen molar-refractivity contribution in [2.75, 3.05) is 16.8 Å². The van der Waals surface area contributed by atoms with Crippen LogP contribution in [-0.4, -0.2) is 17.6 Å². The van der Waals surface area contributed by atoms with Gasteiger partial charge in [-0.1, -0.05) is 48.7 Å². The van der Waals surface area contributed by atoms with E-state index < -0.39 is 0 Å². The molecule has 2 aliphatic rings. The molecule has 152 valence electrons. The number of hydrogen-bond acceptors (Lipinski definition) is 2. The molecule has 0 bridgehead atoms. The normalized spacial score (nSPS) is 18.1. The van der Waals surface area contributed by atoms with Crippen LogP contribution in [0, 0.1) is 13.8 Å². The van der Waals surface area contributed by atoms with Crippen LogP contribution >= 0.6 is 12.2 Å². The van der Waals surface area contributed by atoms with Gasteiger partial charge in [0.1, 0.15) is 0 Å². The predicted octanol–water partition coefficient (Wildman–Crippen LogP) is 5.19. The van der Waals surface area contributed by atoms with Crippen molar-refractivity contribution >= 4 is 34.6 Å². The number of carbonyl (C=O) groups is 1. The van der Waals surface area contributed by atoms with Gasteiger partial charge < -0.3 is 15.5 Å². The third kappa shape index (κ3) is 4.15. The third-order valence-corrected chi connectivity index (χ3v) is 6.45. The van der Waals surface area contributed by atoms with Gasteiger partial charge in [0, 0.05) is 24.3 Å². The molecule has 1 amide bonds. The third-order valence-electron chi connectivity index (χ3n) is 6.25. The minimum absolute atomic E-state index is 0.101. The maximum atomic E-state index is 12.2. The summed E-state index contributed by atoms with van der Waals surface area (Å²) in [6.45, 7) is 4.96. The number of carbonyl (C=O) groups excluding carboxylic acids is 1. The van der Waals surface area contributed by atoms with Gasteiger partial charge in [0.15, 0.2) is 5.11 Å². The topological polar surface area (TPSA) is 44.4 Å². The Labute approximate surface area is 178 Å². The summed E-state index contributed by atoms with van der Waals surface area (Å²) in [5.41, 5.74) is 5.48. The minimum atomic E-state index is -0.101. The number of anilines is 2. The molecular weight excluding hydrogens is 378 g/mol. The molecule has 1 aliphatic carbocycles. The smallest absolute Gasteiger partial charge is 0.227 e. The standard InChI is InChI=1S/C24H29N3OS/c1-17-7-10-19(11-8-17)24(13-3-4-14-24)26-23(29)25-20-12-9-18(2)21(16-20)27-15-5-6-22(27)28/h7-12,16H,3-6,13-15H2,1-2H3,(H2,25,26,29). The molecule has 2 fully saturated rings. The van der Waals surface area contributed by atoms with Crippen LogP contribution in [0.5, 0.6) is 0 Å². The molecule has 2 aromatic rings. The molecule has 5 heteroatoms. The van der Waals surface area contributed by atoms with Crippen molar-refractivity contribution in [2.24, 2.45) is 0 Å². The highest BCUT2D eigenvalue weighted by atomic mass is 32.1. The number of aryl methyl sites for hydroxylation is 2. The average Bonchev–Trinajstić information content (AvgIpc) is 3.33. The largest absolute Gasteiger partial charge is 0.353 e. The van der Waals surface area contributed by atoms with Gasteiger partial charge in [-0.15, -0.1) is 0 Å². The lowest BCUT2D eigenvalue weighted by Crippen LogP contribution is -2.45. The zero-order valence-corrected chi connectivity index (χ0v) is 18.1. The average molecular weight is 408 g/mol. The van der Waals surface area contributed by atoms with Gasteiger partial charge in [-0.25, -0.2) is 0 Å². The van der Waals surface area contributed by atoms with E-state index in [-0.39, 0.29) is 11.4 Å². The Morgan fingerprint density at radius 2 is 1.76 bits per heavy atom. The Balaban J connectivity index is 1.51. The summed E-state index contributed by atoms with van der Waals surface area (Å²) in [5.74, 6) is 0.204. The van der Waals surface area contributed by atoms with Gasteiger partial charge >= 0.3 is 0 Å². The highest BCUT2D eigenvalue weighted by Crippen LogP contribution is 2.39. The van der Waals surface area contributed by atoms with E-state index in [1.807, 2.05) is 24.0 Å². The molecule has 1 saturated heterocycles. The van der Waals surface area contributed by atoms with Crippen LogP contribution in [0.4, 0.5) is 11.4 Å². The fourth-order valence-corrected chi connectivity index (χ4v) is 4.91. The summed E-state index contributed by atoms with van der Waals surface area (Å²) in [6, 6.07) is 14.9. The van der Waals surface area contributed by atoms with E-state index in [2.05, 4.69) is 47.9 Å². The highest BCUT2D eigenvalue weighted by molar-refractivity contribution is 7.80. The Morgan fingerprint density at radius 1 is 1.03 bits per heavy atom. The monoisotopic (exact) mass is 407 g/mol. The van der Waals surface area contributed by atoms with E-state index in [4.69, 9.17) is 12.2 Å². The van der Waals surface area contributed by atoms with Crippen LogP contribution in [0.25, 0.3) is 0 Å². The van der Waals surface area contributed by atoms with Crippen LogP contribution in [0.3, 0.4) is 0 Å². The molecule has 0 unspecified atom stereocenters. The molecule has 2 aromatic carbocycles. The molecule has 1 heterocycles. The van der Waals surface area contributed by atoms with Crippen LogP contribution in [-0.2, 0) is 10.3 Å². The number of benzene rings is 2. The van der Waals surface area contributed by atoms with Crippen molar-refractivity contribution < 1.29 is 4.79 Å². The summed E-state index contributed by atoms with van der Waals surface area (Å²) in [6.07, 6.45) is 6.13. The molecule has 1 aliphatic heterocycles. The molecule has 1 saturated carbocycles. The molecule has 0 atom stereocenters. The number of hydrogen-bond donors (Lipinski definition) is 2.